The zero-order valence-electron chi connectivity index (χ0n) is 6.49. The summed E-state index contributed by atoms with van der Waals surface area (Å²) >= 11 is 0. The molecule has 0 aromatic rings. The van der Waals surface area contributed by atoms with Crippen LogP contribution in [-0.4, -0.2) is 37.1 Å². The second kappa shape index (κ2) is 3.01. The van der Waals surface area contributed by atoms with Gasteiger partial charge in [0.2, 0.25) is 0 Å². The lowest BCUT2D eigenvalue weighted by molar-refractivity contribution is 0.0846. The lowest BCUT2D eigenvalue weighted by atomic mass is 10.3. The molecule has 1 rings (SSSR count). The molecule has 0 aliphatic heterocycles. The van der Waals surface area contributed by atoms with E-state index in [1.54, 1.807) is 0 Å². The molecule has 0 unspecified atom stereocenters. The molecule has 1 saturated carbocycles. The summed E-state index contributed by atoms with van der Waals surface area (Å²) in [4.78, 5) is 1.34. The Hall–Kier alpha value is -0.250. The van der Waals surface area contributed by atoms with Crippen LogP contribution >= 0.6 is 0 Å². The first kappa shape index (κ1) is 8.84. The second-order valence-electron chi connectivity index (χ2n) is 3.24. The Morgan fingerprint density at radius 2 is 2.00 bits per heavy atom. The number of hydrogen-bond donors (Lipinski definition) is 0. The first-order chi connectivity index (χ1) is 5.02. The van der Waals surface area contributed by atoms with Crippen molar-refractivity contribution in [2.45, 2.75) is 24.9 Å². The molecule has 1 fully saturated rings. The van der Waals surface area contributed by atoms with Gasteiger partial charge in [0.15, 0.2) is 0 Å². The van der Waals surface area contributed by atoms with E-state index in [0.29, 0.717) is 12.8 Å². The topological polar surface area (TPSA) is 3.24 Å². The van der Waals surface area contributed by atoms with Gasteiger partial charge < -0.3 is 0 Å². The van der Waals surface area contributed by atoms with Gasteiger partial charge in [-0.25, -0.2) is 13.2 Å². The van der Waals surface area contributed by atoms with E-state index >= 15 is 0 Å². The number of halogens is 3. The number of alkyl halides is 3. The Morgan fingerprint density at radius 3 is 2.36 bits per heavy atom. The maximum absolute atomic E-state index is 12.9. The summed E-state index contributed by atoms with van der Waals surface area (Å²) in [5.41, 5.74) is -1.15. The predicted octanol–water partition coefficient (Wildman–Crippen LogP) is 1.69. The summed E-state index contributed by atoms with van der Waals surface area (Å²) in [5.74, 6) is 0. The molecule has 4 heteroatoms. The van der Waals surface area contributed by atoms with Crippen LogP contribution in [-0.2, 0) is 0 Å². The smallest absolute Gasteiger partial charge is 0.251 e. The largest absolute Gasteiger partial charge is 0.298 e. The molecule has 0 radical (unpaired) electrons. The number of nitrogens with zero attached hydrogens (tertiary/aromatic N) is 1. The fourth-order valence-corrected chi connectivity index (χ4v) is 1.08. The van der Waals surface area contributed by atoms with E-state index in [2.05, 4.69) is 0 Å². The van der Waals surface area contributed by atoms with Gasteiger partial charge in [-0.3, -0.25) is 4.90 Å². The summed E-state index contributed by atoms with van der Waals surface area (Å²) in [6.45, 7) is -0.178. The first-order valence-corrected chi connectivity index (χ1v) is 3.67. The molecule has 0 atom stereocenters. The Bertz CT molecular complexity index is 134. The predicted molar refractivity (Wildman–Crippen MR) is 36.6 cm³/mol. The van der Waals surface area contributed by atoms with Crippen molar-refractivity contribution in [2.75, 3.05) is 20.1 Å². The lowest BCUT2D eigenvalue weighted by Gasteiger charge is -2.17. The maximum atomic E-state index is 12.9. The fourth-order valence-electron chi connectivity index (χ4n) is 1.08. The molecule has 0 spiro atoms. The van der Waals surface area contributed by atoms with Crippen LogP contribution in [0.3, 0.4) is 0 Å². The SMILES string of the molecule is CN(CC(F)F)CC1(F)CC1. The molecular weight excluding hydrogens is 155 g/mol. The fraction of sp³-hybridized carbons (Fsp3) is 1.00. The molecule has 0 bridgehead atoms. The Balaban J connectivity index is 2.15. The van der Waals surface area contributed by atoms with Gasteiger partial charge in [0.05, 0.1) is 6.54 Å². The standard InChI is InChI=1S/C7H12F3N/c1-11(4-6(8)9)5-7(10)2-3-7/h6H,2-5H2,1H3. The van der Waals surface area contributed by atoms with E-state index in [1.165, 1.54) is 11.9 Å². The van der Waals surface area contributed by atoms with Crippen molar-refractivity contribution in [1.29, 1.82) is 0 Å². The molecule has 0 heterocycles. The van der Waals surface area contributed by atoms with Gasteiger partial charge in [-0.1, -0.05) is 0 Å². The van der Waals surface area contributed by atoms with E-state index in [-0.39, 0.29) is 13.1 Å². The first-order valence-electron chi connectivity index (χ1n) is 3.67. The van der Waals surface area contributed by atoms with Crippen LogP contribution in [0.15, 0.2) is 0 Å². The molecule has 11 heavy (non-hydrogen) atoms. The second-order valence-corrected chi connectivity index (χ2v) is 3.24. The normalized spacial score (nSPS) is 21.3. The van der Waals surface area contributed by atoms with Crippen LogP contribution in [0, 0.1) is 0 Å². The van der Waals surface area contributed by atoms with Crippen molar-refractivity contribution in [3.8, 4) is 0 Å². The van der Waals surface area contributed by atoms with Crippen LogP contribution in [0.4, 0.5) is 13.2 Å². The van der Waals surface area contributed by atoms with Gasteiger partial charge in [0.1, 0.15) is 5.67 Å². The summed E-state index contributed by atoms with van der Waals surface area (Å²) < 4.78 is 36.3. The van der Waals surface area contributed by atoms with E-state index < -0.39 is 12.1 Å². The summed E-state index contributed by atoms with van der Waals surface area (Å²) in [5, 5.41) is 0. The summed E-state index contributed by atoms with van der Waals surface area (Å²) in [6, 6.07) is 0. The monoisotopic (exact) mass is 167 g/mol. The van der Waals surface area contributed by atoms with Crippen molar-refractivity contribution in [1.82, 2.24) is 4.90 Å². The van der Waals surface area contributed by atoms with Crippen molar-refractivity contribution in [3.05, 3.63) is 0 Å². The van der Waals surface area contributed by atoms with Gasteiger partial charge in [-0.05, 0) is 19.9 Å². The zero-order valence-corrected chi connectivity index (χ0v) is 6.49. The average molecular weight is 167 g/mol. The maximum Gasteiger partial charge on any atom is 0.251 e. The minimum atomic E-state index is -2.36. The van der Waals surface area contributed by atoms with Crippen LogP contribution in [0.1, 0.15) is 12.8 Å². The third-order valence-electron chi connectivity index (χ3n) is 1.80. The van der Waals surface area contributed by atoms with Crippen LogP contribution in [0.25, 0.3) is 0 Å². The molecule has 0 saturated heterocycles. The third kappa shape index (κ3) is 3.10. The van der Waals surface area contributed by atoms with Crippen molar-refractivity contribution in [2.24, 2.45) is 0 Å². The van der Waals surface area contributed by atoms with Gasteiger partial charge >= 0.3 is 0 Å². The minimum absolute atomic E-state index is 0.150. The van der Waals surface area contributed by atoms with Crippen LogP contribution < -0.4 is 0 Å². The zero-order chi connectivity index (χ0) is 8.48. The van der Waals surface area contributed by atoms with E-state index in [9.17, 15) is 13.2 Å². The minimum Gasteiger partial charge on any atom is -0.298 e. The highest BCUT2D eigenvalue weighted by Crippen LogP contribution is 2.40. The van der Waals surface area contributed by atoms with E-state index in [0.717, 1.165) is 0 Å². The van der Waals surface area contributed by atoms with E-state index in [1.807, 2.05) is 0 Å². The molecule has 0 aromatic heterocycles. The molecule has 66 valence electrons. The molecule has 1 nitrogen and oxygen atoms in total. The van der Waals surface area contributed by atoms with Gasteiger partial charge in [-0.15, -0.1) is 0 Å². The molecule has 0 aromatic carbocycles. The van der Waals surface area contributed by atoms with Crippen LogP contribution in [0.5, 0.6) is 0 Å². The lowest BCUT2D eigenvalue weighted by Crippen LogP contribution is -2.31. The van der Waals surface area contributed by atoms with Crippen molar-refractivity contribution < 1.29 is 13.2 Å². The van der Waals surface area contributed by atoms with Crippen molar-refractivity contribution in [3.63, 3.8) is 0 Å². The summed E-state index contributed by atoms with van der Waals surface area (Å²) in [7, 11) is 1.52. The van der Waals surface area contributed by atoms with Crippen molar-refractivity contribution >= 4 is 0 Å². The molecule has 0 amide bonds. The third-order valence-corrected chi connectivity index (χ3v) is 1.80. The molecular formula is C7H12F3N. The average Bonchev–Trinajstić information content (AvgIpc) is 2.44. The quantitative estimate of drug-likeness (QED) is 0.615. The van der Waals surface area contributed by atoms with Gasteiger partial charge in [0.25, 0.3) is 6.43 Å². The Morgan fingerprint density at radius 1 is 1.45 bits per heavy atom. The highest BCUT2D eigenvalue weighted by molar-refractivity contribution is 4.96. The Kier molecular flexibility index (Phi) is 2.42. The number of hydrogen-bond acceptors (Lipinski definition) is 1. The van der Waals surface area contributed by atoms with Gasteiger partial charge in [-0.2, -0.15) is 0 Å². The summed E-state index contributed by atoms with van der Waals surface area (Å²) in [6.07, 6.45) is -1.30. The molecule has 1 aliphatic carbocycles. The highest BCUT2D eigenvalue weighted by atomic mass is 19.3. The van der Waals surface area contributed by atoms with Gasteiger partial charge in [0, 0.05) is 6.54 Å². The van der Waals surface area contributed by atoms with Crippen LogP contribution in [0.2, 0.25) is 0 Å². The Labute approximate surface area is 64.2 Å². The highest BCUT2D eigenvalue weighted by Gasteiger charge is 2.43. The van der Waals surface area contributed by atoms with E-state index in [4.69, 9.17) is 0 Å². The molecule has 1 aliphatic rings. The number of rotatable bonds is 4. The molecule has 0 N–H and O–H groups in total.